The molecule has 17 nitrogen and oxygen atoms in total. The van der Waals surface area contributed by atoms with Crippen LogP contribution in [0.15, 0.2) is 0 Å². The summed E-state index contributed by atoms with van der Waals surface area (Å²) >= 11 is 0. The van der Waals surface area contributed by atoms with Crippen molar-refractivity contribution in [3.05, 3.63) is 0 Å². The van der Waals surface area contributed by atoms with E-state index in [1.807, 2.05) is 0 Å². The van der Waals surface area contributed by atoms with Crippen LogP contribution in [-0.2, 0) is 65.4 Å². The molecule has 558 valence electrons. The number of esters is 4. The fraction of sp³-hybridized carbons (Fsp3) is 0.947. The molecule has 0 fully saturated rings. The third kappa shape index (κ3) is 67.3. The van der Waals surface area contributed by atoms with Crippen LogP contribution in [-0.4, -0.2) is 96.7 Å². The van der Waals surface area contributed by atoms with E-state index in [9.17, 15) is 43.2 Å². The number of rotatable bonds is 72. The Labute approximate surface area is 575 Å². The topological polar surface area (TPSA) is 237 Å². The molecule has 0 heterocycles. The largest absolute Gasteiger partial charge is 0.472 e. The smallest absolute Gasteiger partial charge is 0.462 e. The van der Waals surface area contributed by atoms with E-state index in [0.29, 0.717) is 31.6 Å². The Balaban J connectivity index is 5.22. The lowest BCUT2D eigenvalue weighted by molar-refractivity contribution is -0.161. The third-order valence-corrected chi connectivity index (χ3v) is 19.6. The Bertz CT molecular complexity index is 1850. The molecule has 0 saturated carbocycles. The Hall–Kier alpha value is -1.94. The first kappa shape index (κ1) is 92.1. The molecular weight excluding hydrogens is 1230 g/mol. The monoisotopic (exact) mass is 1380 g/mol. The number of carbonyl (C=O) groups is 4. The second-order valence-electron chi connectivity index (χ2n) is 28.7. The number of hydrogen-bond donors (Lipinski definition) is 3. The molecule has 0 aliphatic rings. The van der Waals surface area contributed by atoms with E-state index in [1.165, 1.54) is 173 Å². The lowest BCUT2D eigenvalue weighted by Crippen LogP contribution is -2.30. The van der Waals surface area contributed by atoms with Gasteiger partial charge in [0, 0.05) is 25.7 Å². The van der Waals surface area contributed by atoms with E-state index in [1.54, 1.807) is 0 Å². The lowest BCUT2D eigenvalue weighted by atomic mass is 9.99. The number of unbranched alkanes of at least 4 members (excludes halogenated alkanes) is 37. The number of aliphatic hydroxyl groups is 1. The third-order valence-electron chi connectivity index (χ3n) is 17.7. The van der Waals surface area contributed by atoms with Crippen molar-refractivity contribution in [3.8, 4) is 0 Å². The zero-order valence-electron chi connectivity index (χ0n) is 61.6. The summed E-state index contributed by atoms with van der Waals surface area (Å²) in [6.45, 7) is 14.2. The number of phosphoric ester groups is 2. The molecule has 0 amide bonds. The van der Waals surface area contributed by atoms with Gasteiger partial charge in [0.05, 0.1) is 26.4 Å². The van der Waals surface area contributed by atoms with E-state index in [0.717, 1.165) is 114 Å². The van der Waals surface area contributed by atoms with Crippen LogP contribution in [0, 0.1) is 23.7 Å². The summed E-state index contributed by atoms with van der Waals surface area (Å²) in [6, 6.07) is 0. The molecular formula is C75H146O17P2. The normalized spacial score (nSPS) is 14.4. The van der Waals surface area contributed by atoms with Gasteiger partial charge in [-0.2, -0.15) is 0 Å². The van der Waals surface area contributed by atoms with Gasteiger partial charge < -0.3 is 33.8 Å². The average Bonchev–Trinajstić information content (AvgIpc) is 1.54. The van der Waals surface area contributed by atoms with Crippen molar-refractivity contribution in [2.75, 3.05) is 39.6 Å². The number of carbonyl (C=O) groups excluding carboxylic acids is 4. The van der Waals surface area contributed by atoms with Crippen LogP contribution < -0.4 is 0 Å². The van der Waals surface area contributed by atoms with Gasteiger partial charge in [0.1, 0.15) is 19.3 Å². The van der Waals surface area contributed by atoms with Gasteiger partial charge in [-0.15, -0.1) is 0 Å². The molecule has 0 saturated heterocycles. The Kier molecular flexibility index (Phi) is 63.1. The minimum absolute atomic E-state index is 0.105. The lowest BCUT2D eigenvalue weighted by Gasteiger charge is -2.21. The summed E-state index contributed by atoms with van der Waals surface area (Å²) in [4.78, 5) is 72.7. The molecule has 0 radical (unpaired) electrons. The van der Waals surface area contributed by atoms with Crippen molar-refractivity contribution >= 4 is 39.5 Å². The number of phosphoric acid groups is 2. The summed E-state index contributed by atoms with van der Waals surface area (Å²) in [5.41, 5.74) is 0. The maximum Gasteiger partial charge on any atom is 0.472 e. The summed E-state index contributed by atoms with van der Waals surface area (Å²) in [6.07, 6.45) is 48.6. The van der Waals surface area contributed by atoms with Crippen LogP contribution in [0.25, 0.3) is 0 Å². The summed E-state index contributed by atoms with van der Waals surface area (Å²) in [7, 11) is -9.91. The molecule has 0 bridgehead atoms. The maximum atomic E-state index is 13.1. The highest BCUT2D eigenvalue weighted by Crippen LogP contribution is 2.45. The van der Waals surface area contributed by atoms with Crippen LogP contribution in [0.4, 0.5) is 0 Å². The van der Waals surface area contributed by atoms with Crippen molar-refractivity contribution in [2.24, 2.45) is 23.7 Å². The number of ether oxygens (including phenoxy) is 4. The Morgan fingerprint density at radius 2 is 0.511 bits per heavy atom. The highest BCUT2D eigenvalue weighted by molar-refractivity contribution is 7.47. The average molecular weight is 1380 g/mol. The first-order valence-electron chi connectivity index (χ1n) is 38.7. The molecule has 6 atom stereocenters. The van der Waals surface area contributed by atoms with E-state index in [4.69, 9.17) is 37.0 Å². The Morgan fingerprint density at radius 3 is 0.755 bits per heavy atom. The number of hydrogen-bond acceptors (Lipinski definition) is 15. The fourth-order valence-corrected chi connectivity index (χ4v) is 12.9. The SMILES string of the molecule is CCC(C)CCCCCCCCCCCCC(=O)O[C@H](COC(=O)CCCCCCCCCC(C)C)COP(=O)(O)OCC(O)COP(=O)(O)OC[C@@H](COC(=O)CCCCCCCCCCC(C)C)OC(=O)CCCCCCCCCCCCCCCCCCC(C)C. The van der Waals surface area contributed by atoms with Crippen molar-refractivity contribution in [1.29, 1.82) is 0 Å². The highest BCUT2D eigenvalue weighted by atomic mass is 31.2. The van der Waals surface area contributed by atoms with Crippen molar-refractivity contribution in [1.82, 2.24) is 0 Å². The predicted molar refractivity (Wildman–Crippen MR) is 381 cm³/mol. The molecule has 0 aromatic carbocycles. The molecule has 0 aliphatic carbocycles. The minimum Gasteiger partial charge on any atom is -0.462 e. The van der Waals surface area contributed by atoms with Crippen molar-refractivity contribution < 1.29 is 80.2 Å². The fourth-order valence-electron chi connectivity index (χ4n) is 11.3. The second-order valence-corrected chi connectivity index (χ2v) is 31.6. The van der Waals surface area contributed by atoms with Crippen LogP contribution in [0.5, 0.6) is 0 Å². The molecule has 3 N–H and O–H groups in total. The van der Waals surface area contributed by atoms with Gasteiger partial charge in [0.25, 0.3) is 0 Å². The summed E-state index contributed by atoms with van der Waals surface area (Å²) in [5.74, 6) is 0.920. The quantitative estimate of drug-likeness (QED) is 0.0222. The van der Waals surface area contributed by atoms with Gasteiger partial charge in [-0.05, 0) is 49.4 Å². The van der Waals surface area contributed by atoms with Gasteiger partial charge in [0.15, 0.2) is 12.2 Å². The number of aliphatic hydroxyl groups excluding tert-OH is 1. The first-order valence-corrected chi connectivity index (χ1v) is 41.7. The standard InChI is InChI=1S/C75H146O17P2/c1-9-68(8)54-46-38-30-21-18-19-23-33-42-50-58-75(80)92-71(62-86-73(78)56-48-40-34-26-29-37-45-53-67(6)7)64-90-94(83,84)88-60-69(76)59-87-93(81,82)89-63-70(61-85-72(77)55-47-39-31-25-24-28-36-44-52-66(4)5)91-74(79)57-49-41-32-22-17-15-13-11-10-12-14-16-20-27-35-43-51-65(2)3/h65-71,76H,9-64H2,1-8H3,(H,81,82)(H,83,84)/t68?,69?,70-,71-/m1/s1. The van der Waals surface area contributed by atoms with Crippen LogP contribution >= 0.6 is 15.6 Å². The zero-order valence-corrected chi connectivity index (χ0v) is 63.4. The van der Waals surface area contributed by atoms with E-state index < -0.39 is 97.5 Å². The molecule has 0 aromatic heterocycles. The molecule has 0 spiro atoms. The Morgan fingerprint density at radius 1 is 0.298 bits per heavy atom. The van der Waals surface area contributed by atoms with Crippen molar-refractivity contribution in [2.45, 2.75) is 395 Å². The van der Waals surface area contributed by atoms with Crippen molar-refractivity contribution in [3.63, 3.8) is 0 Å². The van der Waals surface area contributed by atoms with Crippen LogP contribution in [0.2, 0.25) is 0 Å². The molecule has 4 unspecified atom stereocenters. The molecule has 19 heteroatoms. The molecule has 0 aromatic rings. The highest BCUT2D eigenvalue weighted by Gasteiger charge is 2.30. The second kappa shape index (κ2) is 64.4. The van der Waals surface area contributed by atoms with E-state index in [2.05, 4.69) is 55.4 Å². The summed E-state index contributed by atoms with van der Waals surface area (Å²) in [5, 5.41) is 10.6. The first-order chi connectivity index (χ1) is 45.1. The van der Waals surface area contributed by atoms with Gasteiger partial charge >= 0.3 is 39.5 Å². The van der Waals surface area contributed by atoms with Crippen LogP contribution in [0.1, 0.15) is 376 Å². The minimum atomic E-state index is -4.96. The van der Waals surface area contributed by atoms with Gasteiger partial charge in [-0.1, -0.05) is 325 Å². The predicted octanol–water partition coefficient (Wildman–Crippen LogP) is 21.7. The van der Waals surface area contributed by atoms with Gasteiger partial charge in [-0.25, -0.2) is 9.13 Å². The maximum absolute atomic E-state index is 13.1. The van der Waals surface area contributed by atoms with E-state index >= 15 is 0 Å². The molecule has 0 aliphatic heterocycles. The molecule has 94 heavy (non-hydrogen) atoms. The van der Waals surface area contributed by atoms with Crippen LogP contribution in [0.3, 0.4) is 0 Å². The zero-order chi connectivity index (χ0) is 69.6. The summed E-state index contributed by atoms with van der Waals surface area (Å²) < 4.78 is 68.5. The molecule has 0 rings (SSSR count). The van der Waals surface area contributed by atoms with E-state index in [-0.39, 0.29) is 25.7 Å². The van der Waals surface area contributed by atoms with Gasteiger partial charge in [0.2, 0.25) is 0 Å². The van der Waals surface area contributed by atoms with Gasteiger partial charge in [-0.3, -0.25) is 37.3 Å².